The molecule has 2 aromatic heterocycles. The number of aryl methyl sites for hydroxylation is 2. The van der Waals surface area contributed by atoms with E-state index in [1.165, 1.54) is 10.4 Å². The molecule has 9 nitrogen and oxygen atoms in total. The highest BCUT2D eigenvalue weighted by Gasteiger charge is 2.31. The number of amides is 1. The van der Waals surface area contributed by atoms with Gasteiger partial charge in [0.25, 0.3) is 5.91 Å². The Kier molecular flexibility index (Phi) is 5.19. The first-order chi connectivity index (χ1) is 13.9. The lowest BCUT2D eigenvalue weighted by Crippen LogP contribution is -2.29. The van der Waals surface area contributed by atoms with Crippen molar-refractivity contribution in [3.63, 3.8) is 0 Å². The van der Waals surface area contributed by atoms with Crippen molar-refractivity contribution in [1.29, 1.82) is 0 Å². The zero-order valence-electron chi connectivity index (χ0n) is 16.0. The summed E-state index contributed by atoms with van der Waals surface area (Å²) >= 11 is 1.11. The fourth-order valence-electron chi connectivity index (χ4n) is 3.29. The standard InChI is InChI=1S/C18H20N6O3S2/c1-12-5-6-14(11-15(12)24-13(2)20-21-22-24)19-18(25)17-16(7-10-28-17)29(26,27)23-8-3-4-9-23/h5-7,10-11H,3-4,8-9H2,1-2H3,(H,19,25). The van der Waals surface area contributed by atoms with Gasteiger partial charge < -0.3 is 5.32 Å². The fourth-order valence-corrected chi connectivity index (χ4v) is 6.10. The number of rotatable bonds is 5. The van der Waals surface area contributed by atoms with Gasteiger partial charge in [0.1, 0.15) is 9.77 Å². The molecule has 1 saturated heterocycles. The molecule has 0 atom stereocenters. The van der Waals surface area contributed by atoms with Crippen molar-refractivity contribution in [2.75, 3.05) is 18.4 Å². The van der Waals surface area contributed by atoms with E-state index in [4.69, 9.17) is 0 Å². The van der Waals surface area contributed by atoms with Gasteiger partial charge in [-0.2, -0.15) is 8.99 Å². The Labute approximate surface area is 172 Å². The first-order valence-corrected chi connectivity index (χ1v) is 11.4. The average Bonchev–Trinajstić information content (AvgIpc) is 3.45. The number of benzene rings is 1. The van der Waals surface area contributed by atoms with Crippen LogP contribution in [0.15, 0.2) is 34.5 Å². The Morgan fingerprint density at radius 3 is 2.62 bits per heavy atom. The van der Waals surface area contributed by atoms with Crippen LogP contribution in [0.3, 0.4) is 0 Å². The molecule has 3 heterocycles. The van der Waals surface area contributed by atoms with Gasteiger partial charge in [-0.3, -0.25) is 4.79 Å². The second-order valence-electron chi connectivity index (χ2n) is 6.82. The summed E-state index contributed by atoms with van der Waals surface area (Å²) in [5.74, 6) is 0.162. The number of anilines is 1. The second kappa shape index (κ2) is 7.65. The zero-order valence-corrected chi connectivity index (χ0v) is 17.6. The molecule has 3 aromatic rings. The average molecular weight is 433 g/mol. The van der Waals surface area contributed by atoms with Gasteiger partial charge in [0.05, 0.1) is 5.69 Å². The van der Waals surface area contributed by atoms with Crippen LogP contribution in [0.2, 0.25) is 0 Å². The Balaban J connectivity index is 1.62. The van der Waals surface area contributed by atoms with E-state index in [1.54, 1.807) is 29.1 Å². The van der Waals surface area contributed by atoms with Crippen LogP contribution < -0.4 is 5.32 Å². The lowest BCUT2D eigenvalue weighted by atomic mass is 10.1. The lowest BCUT2D eigenvalue weighted by Gasteiger charge is -2.16. The van der Waals surface area contributed by atoms with Crippen LogP contribution >= 0.6 is 11.3 Å². The monoisotopic (exact) mass is 432 g/mol. The van der Waals surface area contributed by atoms with Gasteiger partial charge in [-0.15, -0.1) is 16.4 Å². The SMILES string of the molecule is Cc1ccc(NC(=O)c2sccc2S(=O)(=O)N2CCCC2)cc1-n1nnnc1C. The Morgan fingerprint density at radius 1 is 1.17 bits per heavy atom. The number of hydrogen-bond donors (Lipinski definition) is 1. The van der Waals surface area contributed by atoms with E-state index in [0.717, 1.165) is 35.4 Å². The highest BCUT2D eigenvalue weighted by Crippen LogP contribution is 2.29. The van der Waals surface area contributed by atoms with E-state index in [1.807, 2.05) is 13.0 Å². The maximum Gasteiger partial charge on any atom is 0.267 e. The summed E-state index contributed by atoms with van der Waals surface area (Å²) in [6, 6.07) is 6.87. The van der Waals surface area contributed by atoms with Crippen LogP contribution in [-0.2, 0) is 10.0 Å². The third-order valence-corrected chi connectivity index (χ3v) is 7.82. The van der Waals surface area contributed by atoms with Crippen LogP contribution in [-0.4, -0.2) is 51.9 Å². The van der Waals surface area contributed by atoms with Crippen molar-refractivity contribution in [2.45, 2.75) is 31.6 Å². The number of nitrogens with zero attached hydrogens (tertiary/aromatic N) is 5. The molecule has 4 rings (SSSR count). The van der Waals surface area contributed by atoms with E-state index in [-0.39, 0.29) is 9.77 Å². The fraction of sp³-hybridized carbons (Fsp3) is 0.333. The Morgan fingerprint density at radius 2 is 1.93 bits per heavy atom. The number of tetrazole rings is 1. The van der Waals surface area contributed by atoms with Crippen molar-refractivity contribution in [2.24, 2.45) is 0 Å². The molecular formula is C18H20N6O3S2. The molecule has 152 valence electrons. The molecule has 0 unspecified atom stereocenters. The van der Waals surface area contributed by atoms with Gasteiger partial charge in [0.15, 0.2) is 5.82 Å². The van der Waals surface area contributed by atoms with Crippen LogP contribution in [0.1, 0.15) is 33.9 Å². The number of carbonyl (C=O) groups is 1. The molecule has 29 heavy (non-hydrogen) atoms. The third kappa shape index (κ3) is 3.68. The molecule has 1 aliphatic rings. The van der Waals surface area contributed by atoms with Crippen LogP contribution in [0.5, 0.6) is 0 Å². The van der Waals surface area contributed by atoms with Crippen molar-refractivity contribution < 1.29 is 13.2 Å². The molecule has 1 aromatic carbocycles. The first kappa shape index (κ1) is 19.7. The molecule has 11 heteroatoms. The first-order valence-electron chi connectivity index (χ1n) is 9.13. The molecule has 0 saturated carbocycles. The molecule has 1 fully saturated rings. The maximum atomic E-state index is 12.9. The van der Waals surface area contributed by atoms with Gasteiger partial charge in [-0.1, -0.05) is 6.07 Å². The largest absolute Gasteiger partial charge is 0.321 e. The number of hydrogen-bond acceptors (Lipinski definition) is 7. The summed E-state index contributed by atoms with van der Waals surface area (Å²) in [7, 11) is -3.67. The molecule has 1 aliphatic heterocycles. The molecule has 0 radical (unpaired) electrons. The van der Waals surface area contributed by atoms with Crippen molar-refractivity contribution in [3.05, 3.63) is 45.9 Å². The summed E-state index contributed by atoms with van der Waals surface area (Å²) in [4.78, 5) is 13.1. The third-order valence-electron chi connectivity index (χ3n) is 4.84. The van der Waals surface area contributed by atoms with E-state index in [2.05, 4.69) is 20.8 Å². The van der Waals surface area contributed by atoms with Crippen molar-refractivity contribution in [1.82, 2.24) is 24.5 Å². The summed E-state index contributed by atoms with van der Waals surface area (Å²) < 4.78 is 28.8. The van der Waals surface area contributed by atoms with E-state index in [0.29, 0.717) is 24.6 Å². The Hall–Kier alpha value is -2.63. The number of sulfonamides is 1. The predicted molar refractivity (Wildman–Crippen MR) is 109 cm³/mol. The molecule has 1 N–H and O–H groups in total. The zero-order chi connectivity index (χ0) is 20.6. The minimum absolute atomic E-state index is 0.0607. The van der Waals surface area contributed by atoms with Crippen LogP contribution in [0.4, 0.5) is 5.69 Å². The molecule has 1 amide bonds. The van der Waals surface area contributed by atoms with Crippen LogP contribution in [0.25, 0.3) is 5.69 Å². The number of carbonyl (C=O) groups excluding carboxylic acids is 1. The number of aromatic nitrogens is 4. The maximum absolute atomic E-state index is 12.9. The minimum atomic E-state index is -3.67. The number of thiophene rings is 1. The Bertz CT molecular complexity index is 1160. The molecule has 0 aliphatic carbocycles. The van der Waals surface area contributed by atoms with Crippen LogP contribution in [0, 0.1) is 13.8 Å². The van der Waals surface area contributed by atoms with Gasteiger partial charge in [0, 0.05) is 18.8 Å². The second-order valence-corrected chi connectivity index (χ2v) is 9.64. The summed E-state index contributed by atoms with van der Waals surface area (Å²) in [5.41, 5.74) is 2.21. The van der Waals surface area contributed by atoms with E-state index in [9.17, 15) is 13.2 Å². The molecule has 0 spiro atoms. The molecule has 0 bridgehead atoms. The van der Waals surface area contributed by atoms with Crippen molar-refractivity contribution in [3.8, 4) is 5.69 Å². The van der Waals surface area contributed by atoms with Gasteiger partial charge >= 0.3 is 0 Å². The molecular weight excluding hydrogens is 412 g/mol. The lowest BCUT2D eigenvalue weighted by molar-refractivity contribution is 0.102. The van der Waals surface area contributed by atoms with E-state index >= 15 is 0 Å². The summed E-state index contributed by atoms with van der Waals surface area (Å²) in [6.07, 6.45) is 1.68. The predicted octanol–water partition coefficient (Wildman–Crippen LogP) is 2.38. The van der Waals surface area contributed by atoms with Gasteiger partial charge in [0.2, 0.25) is 10.0 Å². The highest BCUT2D eigenvalue weighted by atomic mass is 32.2. The topological polar surface area (TPSA) is 110 Å². The highest BCUT2D eigenvalue weighted by molar-refractivity contribution is 7.89. The smallest absolute Gasteiger partial charge is 0.267 e. The number of nitrogens with one attached hydrogen (secondary N) is 1. The van der Waals surface area contributed by atoms with Gasteiger partial charge in [-0.05, 0) is 66.3 Å². The van der Waals surface area contributed by atoms with Gasteiger partial charge in [-0.25, -0.2) is 8.42 Å². The summed E-state index contributed by atoms with van der Waals surface area (Å²) in [5, 5.41) is 15.9. The quantitative estimate of drug-likeness (QED) is 0.663. The minimum Gasteiger partial charge on any atom is -0.321 e. The van der Waals surface area contributed by atoms with E-state index < -0.39 is 15.9 Å². The van der Waals surface area contributed by atoms with Crippen molar-refractivity contribution >= 4 is 33.0 Å². The summed E-state index contributed by atoms with van der Waals surface area (Å²) in [6.45, 7) is 4.69. The normalized spacial score (nSPS) is 15.0.